The Labute approximate surface area is 326 Å². The van der Waals surface area contributed by atoms with E-state index in [4.69, 9.17) is 23.8 Å². The van der Waals surface area contributed by atoms with E-state index in [1.807, 2.05) is 30.3 Å². The Hall–Kier alpha value is -6.73. The number of hydrogen-bond donors (Lipinski definition) is 0. The summed E-state index contributed by atoms with van der Waals surface area (Å²) in [6.45, 7) is 0. The Bertz CT molecular complexity index is 3380. The average Bonchev–Trinajstić information content (AvgIpc) is 3.91. The summed E-state index contributed by atoms with van der Waals surface area (Å²) < 4.78 is 15.5. The van der Waals surface area contributed by atoms with E-state index in [0.717, 1.165) is 77.3 Å². The monoisotopic (exact) mass is 714 g/mol. The predicted molar refractivity (Wildman–Crippen MR) is 246 cm³/mol. The highest BCUT2D eigenvalue weighted by molar-refractivity contribution is 6.68. The second-order valence-electron chi connectivity index (χ2n) is 14.9. The van der Waals surface area contributed by atoms with Gasteiger partial charge in [0.05, 0.1) is 16.7 Å². The van der Waals surface area contributed by atoms with Crippen LogP contribution in [0.1, 0.15) is 0 Å². The van der Waals surface area contributed by atoms with E-state index in [2.05, 4.69) is 141 Å². The van der Waals surface area contributed by atoms with Gasteiger partial charge < -0.3 is 13.4 Å². The van der Waals surface area contributed by atoms with Crippen LogP contribution in [-0.2, 0) is 0 Å². The molecule has 0 N–H and O–H groups in total. The third-order valence-corrected chi connectivity index (χ3v) is 12.1. The van der Waals surface area contributed by atoms with Crippen molar-refractivity contribution in [1.82, 2.24) is 19.5 Å². The summed E-state index contributed by atoms with van der Waals surface area (Å²) in [5.74, 6) is 1.81. The number of aromatic nitrogens is 4. The molecule has 56 heavy (non-hydrogen) atoms. The van der Waals surface area contributed by atoms with Gasteiger partial charge in [-0.3, -0.25) is 0 Å². The summed E-state index contributed by atoms with van der Waals surface area (Å²) in [7, 11) is 10.9. The molecule has 0 unspecified atom stereocenters. The van der Waals surface area contributed by atoms with Gasteiger partial charge in [-0.25, -0.2) is 15.0 Å². The molecule has 0 atom stereocenters. The fourth-order valence-electron chi connectivity index (χ4n) is 8.82. The normalized spacial score (nSPS) is 11.9. The van der Waals surface area contributed by atoms with Crippen LogP contribution >= 0.6 is 0 Å². The van der Waals surface area contributed by atoms with Crippen LogP contribution in [0.3, 0.4) is 0 Å². The van der Waals surface area contributed by atoms with Crippen LogP contribution in [0.15, 0.2) is 136 Å². The number of rotatable bonds is 4. The van der Waals surface area contributed by atoms with Gasteiger partial charge in [-0.1, -0.05) is 95.9 Å². The van der Waals surface area contributed by atoms with Gasteiger partial charge in [-0.15, -0.1) is 16.4 Å². The molecule has 11 rings (SSSR count). The maximum Gasteiger partial charge on any atom is 0.164 e. The maximum absolute atomic E-state index is 6.85. The molecule has 11 heteroatoms. The molecule has 4 aromatic heterocycles. The van der Waals surface area contributed by atoms with E-state index in [-0.39, 0.29) is 0 Å². The predicted octanol–water partition coefficient (Wildman–Crippen LogP) is 3.06. The van der Waals surface area contributed by atoms with E-state index in [9.17, 15) is 0 Å². The molecule has 4 heterocycles. The third-order valence-electron chi connectivity index (χ3n) is 12.1. The van der Waals surface area contributed by atoms with Gasteiger partial charge in [0.2, 0.25) is 0 Å². The molecule has 0 saturated heterocycles. The van der Waals surface area contributed by atoms with Crippen molar-refractivity contribution in [2.75, 3.05) is 0 Å². The number of para-hydroxylation sites is 4. The topological polar surface area (TPSA) is 69.9 Å². The van der Waals surface area contributed by atoms with Gasteiger partial charge in [0, 0.05) is 49.0 Å². The number of benzene rings is 7. The van der Waals surface area contributed by atoms with Crippen molar-refractivity contribution in [1.29, 1.82) is 0 Å². The molecule has 0 fully saturated rings. The lowest BCUT2D eigenvalue weighted by Gasteiger charge is -2.20. The summed E-state index contributed by atoms with van der Waals surface area (Å²) in [5, 5.41) is 6.51. The van der Waals surface area contributed by atoms with Crippen molar-refractivity contribution in [3.8, 4) is 39.9 Å². The highest BCUT2D eigenvalue weighted by atomic mass is 16.3. The van der Waals surface area contributed by atoms with Crippen molar-refractivity contribution >= 4 is 132 Å². The molecule has 0 saturated carbocycles. The first kappa shape index (κ1) is 32.7. The highest BCUT2D eigenvalue weighted by Gasteiger charge is 2.23. The van der Waals surface area contributed by atoms with Crippen LogP contribution in [0.5, 0.6) is 0 Å². The molecule has 0 aliphatic heterocycles. The van der Waals surface area contributed by atoms with Crippen molar-refractivity contribution in [2.24, 2.45) is 0 Å². The zero-order valence-electron chi connectivity index (χ0n) is 31.7. The van der Waals surface area contributed by atoms with E-state index in [0.29, 0.717) is 17.5 Å². The van der Waals surface area contributed by atoms with Gasteiger partial charge in [0.15, 0.2) is 23.1 Å². The highest BCUT2D eigenvalue weighted by Crippen LogP contribution is 2.41. The lowest BCUT2D eigenvalue weighted by atomic mass is 9.60. The Morgan fingerprint density at radius 2 is 1.00 bits per heavy atom. The second-order valence-corrected chi connectivity index (χ2v) is 14.9. The van der Waals surface area contributed by atoms with E-state index in [1.165, 1.54) is 38.1 Å². The summed E-state index contributed by atoms with van der Waals surface area (Å²) in [5.41, 5.74) is 15.4. The van der Waals surface area contributed by atoms with Gasteiger partial charge in [0.1, 0.15) is 56.0 Å². The molecule has 0 amide bonds. The van der Waals surface area contributed by atoms with Gasteiger partial charge in [-0.2, -0.15) is 0 Å². The molecule has 0 bridgehead atoms. The third kappa shape index (κ3) is 4.67. The minimum atomic E-state index is 0.581. The quantitative estimate of drug-likeness (QED) is 0.263. The first-order valence-corrected chi connectivity index (χ1v) is 19.0. The smallest absolute Gasteiger partial charge is 0.164 e. The van der Waals surface area contributed by atoms with E-state index >= 15 is 0 Å². The Balaban J connectivity index is 1.18. The Kier molecular flexibility index (Phi) is 7.08. The zero-order valence-corrected chi connectivity index (χ0v) is 31.7. The van der Waals surface area contributed by atoms with Crippen LogP contribution in [0.2, 0.25) is 0 Å². The van der Waals surface area contributed by atoms with E-state index < -0.39 is 0 Å². The van der Waals surface area contributed by atoms with Crippen LogP contribution in [0.4, 0.5) is 0 Å². The number of fused-ring (bicyclic) bond motifs is 9. The van der Waals surface area contributed by atoms with Crippen LogP contribution in [0, 0.1) is 0 Å². The fraction of sp³-hybridized carbons (Fsp3) is 0. The molecule has 258 valence electrons. The minimum absolute atomic E-state index is 0.581. The second kappa shape index (κ2) is 12.1. The lowest BCUT2D eigenvalue weighted by molar-refractivity contribution is 0.666. The van der Waals surface area contributed by atoms with Crippen LogP contribution in [0.25, 0.3) is 106 Å². The average molecular weight is 714 g/mol. The molecule has 0 aliphatic rings. The fourth-order valence-corrected chi connectivity index (χ4v) is 8.82. The van der Waals surface area contributed by atoms with Gasteiger partial charge in [-0.05, 0) is 42.5 Å². The molecular weight excluding hydrogens is 683 g/mol. The van der Waals surface area contributed by atoms with Gasteiger partial charge >= 0.3 is 0 Å². The van der Waals surface area contributed by atoms with Crippen molar-refractivity contribution in [2.45, 2.75) is 0 Å². The molecule has 7 aromatic carbocycles. The summed E-state index contributed by atoms with van der Waals surface area (Å²) >= 11 is 0. The lowest BCUT2D eigenvalue weighted by Crippen LogP contribution is -2.55. The molecule has 0 radical (unpaired) electrons. The molecular formula is C45H31B5N4O2. The summed E-state index contributed by atoms with van der Waals surface area (Å²) in [6.07, 6.45) is 0. The number of furan rings is 2. The summed E-state index contributed by atoms with van der Waals surface area (Å²) in [6, 6.07) is 44.1. The first-order valence-electron chi connectivity index (χ1n) is 19.0. The molecule has 11 aromatic rings. The van der Waals surface area contributed by atoms with Crippen LogP contribution < -0.4 is 27.3 Å². The molecule has 0 aliphatic carbocycles. The SMILES string of the molecule is Bc1c(B)c(B)c(-c2nc(-c3ccc4c(c3)oc3ccccc34)nc(-c3cccc4oc5c(-n6c7ccccc7c7ccccc76)cccc5c34)n2)c(B)c1B. The van der Waals surface area contributed by atoms with E-state index in [1.54, 1.807) is 0 Å². The zero-order chi connectivity index (χ0) is 37.8. The number of hydrogen-bond acceptors (Lipinski definition) is 5. The van der Waals surface area contributed by atoms with Crippen molar-refractivity contribution < 1.29 is 8.83 Å². The summed E-state index contributed by atoms with van der Waals surface area (Å²) in [4.78, 5) is 15.8. The molecule has 6 nitrogen and oxygen atoms in total. The first-order chi connectivity index (χ1) is 27.4. The standard InChI is InChI=1S/C45H31B5N4O2/c46-37-36(38(47)40(49)41(50)39(37)48)45-52-43(22-19-20-26-25-11-3-6-17-32(25)55-34(26)21-22)51-44(53-45)28-13-8-18-33-35(28)27-12-7-16-31(42(27)56-33)54-29-14-4-1-9-23(29)24-10-2-5-15-30(24)54/h1-21H,46-50H2. The maximum atomic E-state index is 6.85. The minimum Gasteiger partial charge on any atom is -0.456 e. The largest absolute Gasteiger partial charge is 0.456 e. The van der Waals surface area contributed by atoms with Gasteiger partial charge in [0.25, 0.3) is 0 Å². The van der Waals surface area contributed by atoms with Crippen LogP contribution in [-0.4, -0.2) is 58.8 Å². The Morgan fingerprint density at radius 3 is 1.75 bits per heavy atom. The number of nitrogens with zero attached hydrogens (tertiary/aromatic N) is 4. The van der Waals surface area contributed by atoms with Crippen molar-refractivity contribution in [3.05, 3.63) is 127 Å². The van der Waals surface area contributed by atoms with Crippen molar-refractivity contribution in [3.63, 3.8) is 0 Å². The Morgan fingerprint density at radius 1 is 0.429 bits per heavy atom. The molecule has 0 spiro atoms.